The topological polar surface area (TPSA) is 105 Å². The maximum absolute atomic E-state index is 14.0. The van der Waals surface area contributed by atoms with E-state index in [2.05, 4.69) is 5.32 Å². The van der Waals surface area contributed by atoms with Crippen LogP contribution in [0.3, 0.4) is 0 Å². The Morgan fingerprint density at radius 2 is 1.64 bits per heavy atom. The number of halogens is 2. The van der Waals surface area contributed by atoms with E-state index in [1.807, 2.05) is 20.8 Å². The monoisotopic (exact) mass is 599 g/mol. The van der Waals surface area contributed by atoms with Crippen molar-refractivity contribution in [2.75, 3.05) is 29.8 Å². The molecule has 2 aromatic rings. The molecule has 0 spiro atoms. The summed E-state index contributed by atoms with van der Waals surface area (Å²) in [5.41, 5.74) is 0.155. The summed E-state index contributed by atoms with van der Waals surface area (Å²) in [5.74, 6) is -0.324. The summed E-state index contributed by atoms with van der Waals surface area (Å²) in [6.45, 7) is 8.87. The SMILES string of the molecule is CCC(C(=O)NC(C)(C)C)N(Cc1c(Cl)cccc1Cl)C(=O)CN(c1ccc2c(c1)OCCO2)S(=O)(=O)CC. The van der Waals surface area contributed by atoms with Crippen LogP contribution < -0.4 is 19.1 Å². The number of hydrogen-bond donors (Lipinski definition) is 1. The maximum Gasteiger partial charge on any atom is 0.244 e. The number of ether oxygens (including phenoxy) is 2. The molecule has 3 rings (SSSR count). The molecule has 0 aromatic heterocycles. The highest BCUT2D eigenvalue weighted by molar-refractivity contribution is 7.92. The molecule has 1 atom stereocenters. The highest BCUT2D eigenvalue weighted by Gasteiger charge is 2.34. The van der Waals surface area contributed by atoms with Gasteiger partial charge in [0.15, 0.2) is 11.5 Å². The predicted molar refractivity (Wildman–Crippen MR) is 153 cm³/mol. The number of carbonyl (C=O) groups is 2. The fraction of sp³-hybridized carbons (Fsp3) is 0.481. The van der Waals surface area contributed by atoms with Gasteiger partial charge < -0.3 is 19.7 Å². The van der Waals surface area contributed by atoms with Crippen molar-refractivity contribution in [2.45, 2.75) is 59.2 Å². The first-order valence-electron chi connectivity index (χ1n) is 12.7. The molecule has 0 saturated heterocycles. The second-order valence-corrected chi connectivity index (χ2v) is 13.1. The fourth-order valence-electron chi connectivity index (χ4n) is 4.13. The van der Waals surface area contributed by atoms with Crippen LogP contribution in [-0.4, -0.2) is 62.2 Å². The summed E-state index contributed by atoms with van der Waals surface area (Å²) in [6.07, 6.45) is 0.278. The third-order valence-electron chi connectivity index (χ3n) is 6.07. The van der Waals surface area contributed by atoms with E-state index in [-0.39, 0.29) is 30.3 Å². The van der Waals surface area contributed by atoms with Gasteiger partial charge in [-0.25, -0.2) is 8.42 Å². The molecule has 0 bridgehead atoms. The Kier molecular flexibility index (Phi) is 10.0. The molecule has 1 aliphatic heterocycles. The number of carbonyl (C=O) groups excluding carboxylic acids is 2. The number of nitrogens with zero attached hydrogens (tertiary/aromatic N) is 2. The van der Waals surface area contributed by atoms with Crippen LogP contribution in [0.5, 0.6) is 11.5 Å². The largest absolute Gasteiger partial charge is 0.486 e. The molecule has 0 saturated carbocycles. The lowest BCUT2D eigenvalue weighted by Gasteiger charge is -2.35. The Balaban J connectivity index is 2.04. The maximum atomic E-state index is 14.0. The molecule has 12 heteroatoms. The van der Waals surface area contributed by atoms with Crippen molar-refractivity contribution in [3.8, 4) is 11.5 Å². The molecule has 1 unspecified atom stereocenters. The third-order valence-corrected chi connectivity index (χ3v) is 8.52. The highest BCUT2D eigenvalue weighted by atomic mass is 35.5. The molecule has 2 amide bonds. The smallest absolute Gasteiger partial charge is 0.244 e. The van der Waals surface area contributed by atoms with Gasteiger partial charge in [-0.05, 0) is 58.4 Å². The minimum Gasteiger partial charge on any atom is -0.486 e. The molecule has 0 radical (unpaired) electrons. The van der Waals surface area contributed by atoms with E-state index < -0.39 is 34.1 Å². The van der Waals surface area contributed by atoms with E-state index in [4.69, 9.17) is 32.7 Å². The van der Waals surface area contributed by atoms with Crippen LogP contribution in [0.2, 0.25) is 10.0 Å². The molecule has 214 valence electrons. The second-order valence-electron chi connectivity index (χ2n) is 10.1. The average Bonchev–Trinajstić information content (AvgIpc) is 2.87. The standard InChI is InChI=1S/C27H35Cl2N3O6S/c1-6-22(26(34)30-27(3,4)5)31(16-19-20(28)9-8-10-21(19)29)25(33)17-32(39(35,36)7-2)18-11-12-23-24(15-18)38-14-13-37-23/h8-12,15,22H,6-7,13-14,16-17H2,1-5H3,(H,30,34). The Morgan fingerprint density at radius 1 is 1.03 bits per heavy atom. The Bertz CT molecular complexity index is 1290. The normalized spacial score (nSPS) is 13.9. The summed E-state index contributed by atoms with van der Waals surface area (Å²) in [7, 11) is -3.90. The van der Waals surface area contributed by atoms with E-state index in [1.54, 1.807) is 37.3 Å². The third kappa shape index (κ3) is 7.70. The van der Waals surface area contributed by atoms with E-state index in [9.17, 15) is 18.0 Å². The van der Waals surface area contributed by atoms with Gasteiger partial charge in [0, 0.05) is 33.8 Å². The molecular formula is C27H35Cl2N3O6S. The first-order valence-corrected chi connectivity index (χ1v) is 15.1. The van der Waals surface area contributed by atoms with E-state index >= 15 is 0 Å². The Labute approximate surface area is 240 Å². The van der Waals surface area contributed by atoms with Crippen LogP contribution >= 0.6 is 23.2 Å². The molecule has 9 nitrogen and oxygen atoms in total. The lowest BCUT2D eigenvalue weighted by atomic mass is 10.1. The number of fused-ring (bicyclic) bond motifs is 1. The van der Waals surface area contributed by atoms with Crippen LogP contribution in [-0.2, 0) is 26.2 Å². The Morgan fingerprint density at radius 3 is 2.21 bits per heavy atom. The van der Waals surface area contributed by atoms with Crippen molar-refractivity contribution in [3.05, 3.63) is 52.0 Å². The van der Waals surface area contributed by atoms with Crippen LogP contribution in [0.15, 0.2) is 36.4 Å². The number of rotatable bonds is 10. The van der Waals surface area contributed by atoms with Crippen molar-refractivity contribution < 1.29 is 27.5 Å². The van der Waals surface area contributed by atoms with Gasteiger partial charge in [0.1, 0.15) is 25.8 Å². The van der Waals surface area contributed by atoms with Crippen molar-refractivity contribution in [3.63, 3.8) is 0 Å². The second kappa shape index (κ2) is 12.7. The summed E-state index contributed by atoms with van der Waals surface area (Å²) in [4.78, 5) is 28.6. The zero-order valence-corrected chi connectivity index (χ0v) is 25.1. The molecule has 1 aliphatic rings. The first-order chi connectivity index (χ1) is 18.3. The van der Waals surface area contributed by atoms with Crippen LogP contribution in [0.1, 0.15) is 46.6 Å². The molecule has 1 heterocycles. The molecule has 0 fully saturated rings. The summed E-state index contributed by atoms with van der Waals surface area (Å²) in [5, 5.41) is 3.58. The van der Waals surface area contributed by atoms with Gasteiger partial charge in [0.2, 0.25) is 21.8 Å². The van der Waals surface area contributed by atoms with E-state index in [0.717, 1.165) is 4.31 Å². The first kappa shape index (κ1) is 30.8. The lowest BCUT2D eigenvalue weighted by Crippen LogP contribution is -2.55. The minimum absolute atomic E-state index is 0.0887. The molecule has 1 N–H and O–H groups in total. The highest BCUT2D eigenvalue weighted by Crippen LogP contribution is 2.35. The van der Waals surface area contributed by atoms with Gasteiger partial charge in [-0.15, -0.1) is 0 Å². The van der Waals surface area contributed by atoms with Gasteiger partial charge in [0.05, 0.1) is 11.4 Å². The van der Waals surface area contributed by atoms with Gasteiger partial charge >= 0.3 is 0 Å². The molecule has 2 aromatic carbocycles. The van der Waals surface area contributed by atoms with Crippen molar-refractivity contribution in [1.29, 1.82) is 0 Å². The zero-order valence-electron chi connectivity index (χ0n) is 22.8. The van der Waals surface area contributed by atoms with Gasteiger partial charge in [-0.2, -0.15) is 0 Å². The summed E-state index contributed by atoms with van der Waals surface area (Å²) < 4.78 is 38.6. The fourth-order valence-corrected chi connectivity index (χ4v) is 5.70. The van der Waals surface area contributed by atoms with Crippen molar-refractivity contribution in [2.24, 2.45) is 0 Å². The number of benzene rings is 2. The average molecular weight is 601 g/mol. The molecule has 39 heavy (non-hydrogen) atoms. The van der Waals surface area contributed by atoms with Crippen molar-refractivity contribution in [1.82, 2.24) is 10.2 Å². The zero-order chi connectivity index (χ0) is 29.0. The minimum atomic E-state index is -3.90. The van der Waals surface area contributed by atoms with E-state index in [1.165, 1.54) is 17.9 Å². The molecule has 0 aliphatic carbocycles. The predicted octanol–water partition coefficient (Wildman–Crippen LogP) is 4.64. The summed E-state index contributed by atoms with van der Waals surface area (Å²) >= 11 is 12.8. The lowest BCUT2D eigenvalue weighted by molar-refractivity contribution is -0.141. The number of anilines is 1. The summed E-state index contributed by atoms with van der Waals surface area (Å²) in [6, 6.07) is 8.77. The number of amides is 2. The number of nitrogens with one attached hydrogen (secondary N) is 1. The Hall–Kier alpha value is -2.69. The molecular weight excluding hydrogens is 565 g/mol. The quantitative estimate of drug-likeness (QED) is 0.426. The number of sulfonamides is 1. The van der Waals surface area contributed by atoms with Crippen LogP contribution in [0.4, 0.5) is 5.69 Å². The van der Waals surface area contributed by atoms with Crippen LogP contribution in [0, 0.1) is 0 Å². The van der Waals surface area contributed by atoms with Gasteiger partial charge in [0.25, 0.3) is 0 Å². The van der Waals surface area contributed by atoms with Gasteiger partial charge in [-0.1, -0.05) is 36.2 Å². The van der Waals surface area contributed by atoms with E-state index in [0.29, 0.717) is 40.3 Å². The van der Waals surface area contributed by atoms with Crippen molar-refractivity contribution >= 4 is 50.7 Å². The number of hydrogen-bond acceptors (Lipinski definition) is 6. The van der Waals surface area contributed by atoms with Crippen LogP contribution in [0.25, 0.3) is 0 Å². The van der Waals surface area contributed by atoms with Gasteiger partial charge in [-0.3, -0.25) is 13.9 Å².